The molecule has 0 aliphatic carbocycles. The smallest absolute Gasteiger partial charge is 0.325 e. The SMILES string of the molecule is Cc1ccc(NC(=O)CSc2cn[nH]c(=O)n2)cc1. The van der Waals surface area contributed by atoms with Crippen LogP contribution >= 0.6 is 11.8 Å². The number of H-pyrrole nitrogens is 1. The topological polar surface area (TPSA) is 87.7 Å². The highest BCUT2D eigenvalue weighted by Gasteiger charge is 2.05. The zero-order valence-corrected chi connectivity index (χ0v) is 11.0. The highest BCUT2D eigenvalue weighted by Crippen LogP contribution is 2.13. The number of nitrogens with one attached hydrogen (secondary N) is 2. The van der Waals surface area contributed by atoms with Gasteiger partial charge in [-0.05, 0) is 19.1 Å². The molecule has 0 unspecified atom stereocenters. The Balaban J connectivity index is 1.88. The number of hydrogen-bond acceptors (Lipinski definition) is 5. The van der Waals surface area contributed by atoms with E-state index in [0.29, 0.717) is 5.03 Å². The molecule has 1 amide bonds. The van der Waals surface area contributed by atoms with E-state index >= 15 is 0 Å². The number of carbonyl (C=O) groups excluding carboxylic acids is 1. The number of rotatable bonds is 4. The molecule has 0 spiro atoms. The van der Waals surface area contributed by atoms with Crippen LogP contribution in [0.25, 0.3) is 0 Å². The number of aromatic amines is 1. The normalized spacial score (nSPS) is 10.2. The van der Waals surface area contributed by atoms with Crippen molar-refractivity contribution in [2.75, 3.05) is 11.1 Å². The van der Waals surface area contributed by atoms with Crippen molar-refractivity contribution < 1.29 is 4.79 Å². The average Bonchev–Trinajstić information content (AvgIpc) is 2.39. The van der Waals surface area contributed by atoms with Crippen molar-refractivity contribution >= 4 is 23.4 Å². The molecule has 0 fully saturated rings. The first-order chi connectivity index (χ1) is 9.13. The maximum absolute atomic E-state index is 11.7. The fourth-order valence-electron chi connectivity index (χ4n) is 1.34. The summed E-state index contributed by atoms with van der Waals surface area (Å²) in [6.45, 7) is 1.98. The lowest BCUT2D eigenvalue weighted by atomic mass is 10.2. The average molecular weight is 276 g/mol. The Labute approximate surface area is 113 Å². The number of thioether (sulfide) groups is 1. The molecule has 1 aromatic heterocycles. The zero-order chi connectivity index (χ0) is 13.7. The van der Waals surface area contributed by atoms with Crippen molar-refractivity contribution in [3.05, 3.63) is 46.5 Å². The number of hydrogen-bond donors (Lipinski definition) is 2. The summed E-state index contributed by atoms with van der Waals surface area (Å²) in [5.74, 6) is 0.0161. The number of aryl methyl sites for hydroxylation is 1. The van der Waals surface area contributed by atoms with Gasteiger partial charge >= 0.3 is 5.69 Å². The van der Waals surface area contributed by atoms with Gasteiger partial charge in [-0.3, -0.25) is 4.79 Å². The monoisotopic (exact) mass is 276 g/mol. The highest BCUT2D eigenvalue weighted by molar-refractivity contribution is 7.99. The van der Waals surface area contributed by atoms with Gasteiger partial charge in [0.05, 0.1) is 11.9 Å². The van der Waals surface area contributed by atoms with E-state index in [0.717, 1.165) is 23.0 Å². The van der Waals surface area contributed by atoms with Crippen LogP contribution in [0, 0.1) is 6.92 Å². The molecule has 0 atom stereocenters. The van der Waals surface area contributed by atoms with E-state index in [1.807, 2.05) is 31.2 Å². The number of aromatic nitrogens is 3. The first-order valence-electron chi connectivity index (χ1n) is 5.54. The Morgan fingerprint density at radius 2 is 2.11 bits per heavy atom. The molecule has 0 saturated carbocycles. The Hall–Kier alpha value is -2.15. The lowest BCUT2D eigenvalue weighted by molar-refractivity contribution is -0.113. The minimum atomic E-state index is -0.524. The van der Waals surface area contributed by atoms with Crippen LogP contribution in [0.5, 0.6) is 0 Å². The van der Waals surface area contributed by atoms with Crippen LogP contribution in [0.15, 0.2) is 40.3 Å². The second kappa shape index (κ2) is 6.14. The fourth-order valence-corrected chi connectivity index (χ4v) is 1.97. The van der Waals surface area contributed by atoms with Gasteiger partial charge in [0.15, 0.2) is 0 Å². The Morgan fingerprint density at radius 3 is 2.79 bits per heavy atom. The Kier molecular flexibility index (Phi) is 4.30. The molecule has 98 valence electrons. The summed E-state index contributed by atoms with van der Waals surface area (Å²) in [5, 5.41) is 8.96. The lowest BCUT2D eigenvalue weighted by Crippen LogP contribution is -2.16. The van der Waals surface area contributed by atoms with E-state index in [-0.39, 0.29) is 11.7 Å². The summed E-state index contributed by atoms with van der Waals surface area (Å²) in [6.07, 6.45) is 1.41. The van der Waals surface area contributed by atoms with E-state index in [2.05, 4.69) is 20.5 Å². The van der Waals surface area contributed by atoms with Crippen LogP contribution in [0.4, 0.5) is 5.69 Å². The lowest BCUT2D eigenvalue weighted by Gasteiger charge is -2.04. The van der Waals surface area contributed by atoms with Crippen molar-refractivity contribution in [2.24, 2.45) is 0 Å². The summed E-state index contributed by atoms with van der Waals surface area (Å²) >= 11 is 1.16. The van der Waals surface area contributed by atoms with E-state index < -0.39 is 5.69 Å². The first-order valence-corrected chi connectivity index (χ1v) is 6.53. The van der Waals surface area contributed by atoms with Crippen molar-refractivity contribution in [1.82, 2.24) is 15.2 Å². The van der Waals surface area contributed by atoms with Crippen LogP contribution < -0.4 is 11.0 Å². The summed E-state index contributed by atoms with van der Waals surface area (Å²) < 4.78 is 0. The zero-order valence-electron chi connectivity index (χ0n) is 10.2. The van der Waals surface area contributed by atoms with Crippen molar-refractivity contribution in [3.63, 3.8) is 0 Å². The van der Waals surface area contributed by atoms with E-state index in [1.54, 1.807) is 0 Å². The number of amides is 1. The first kappa shape index (κ1) is 13.3. The minimum Gasteiger partial charge on any atom is -0.325 e. The van der Waals surface area contributed by atoms with Gasteiger partial charge in [-0.25, -0.2) is 9.89 Å². The minimum absolute atomic E-state index is 0.157. The molecule has 1 aromatic carbocycles. The van der Waals surface area contributed by atoms with Crippen LogP contribution in [-0.4, -0.2) is 26.8 Å². The maximum atomic E-state index is 11.7. The van der Waals surface area contributed by atoms with Crippen LogP contribution in [0.2, 0.25) is 0 Å². The second-order valence-electron chi connectivity index (χ2n) is 3.83. The molecule has 2 N–H and O–H groups in total. The van der Waals surface area contributed by atoms with Gasteiger partial charge < -0.3 is 5.32 Å². The molecule has 19 heavy (non-hydrogen) atoms. The highest BCUT2D eigenvalue weighted by atomic mass is 32.2. The maximum Gasteiger partial charge on any atom is 0.362 e. The molecule has 0 aliphatic rings. The summed E-state index contributed by atoms with van der Waals surface area (Å²) in [4.78, 5) is 26.3. The third-order valence-electron chi connectivity index (χ3n) is 2.23. The molecule has 2 aromatic rings. The number of anilines is 1. The van der Waals surface area contributed by atoms with Crippen LogP contribution in [-0.2, 0) is 4.79 Å². The number of nitrogens with zero attached hydrogens (tertiary/aromatic N) is 2. The summed E-state index contributed by atoms with van der Waals surface area (Å²) in [7, 11) is 0. The molecular formula is C12H12N4O2S. The standard InChI is InChI=1S/C12H12N4O2S/c1-8-2-4-9(5-3-8)14-10(17)7-19-11-6-13-16-12(18)15-11/h2-6H,7H2,1H3,(H,14,17)(H,15,16,18). The molecule has 6 nitrogen and oxygen atoms in total. The van der Waals surface area contributed by atoms with Gasteiger partial charge in [0.25, 0.3) is 0 Å². The Morgan fingerprint density at radius 1 is 1.37 bits per heavy atom. The van der Waals surface area contributed by atoms with E-state index in [4.69, 9.17) is 0 Å². The quantitative estimate of drug-likeness (QED) is 0.819. The molecule has 0 bridgehead atoms. The fraction of sp³-hybridized carbons (Fsp3) is 0.167. The van der Waals surface area contributed by atoms with Crippen molar-refractivity contribution in [2.45, 2.75) is 11.9 Å². The second-order valence-corrected chi connectivity index (χ2v) is 4.82. The molecule has 1 heterocycles. The van der Waals surface area contributed by atoms with Gasteiger partial charge in [-0.2, -0.15) is 10.1 Å². The van der Waals surface area contributed by atoms with Gasteiger partial charge in [-0.1, -0.05) is 29.5 Å². The van der Waals surface area contributed by atoms with Crippen molar-refractivity contribution in [3.8, 4) is 0 Å². The molecule has 0 saturated heterocycles. The van der Waals surface area contributed by atoms with Gasteiger partial charge in [0.1, 0.15) is 5.03 Å². The van der Waals surface area contributed by atoms with Gasteiger partial charge in [0, 0.05) is 5.69 Å². The molecule has 0 aliphatic heterocycles. The number of benzene rings is 1. The van der Waals surface area contributed by atoms with Crippen LogP contribution in [0.3, 0.4) is 0 Å². The third kappa shape index (κ3) is 4.22. The Bertz CT molecular complexity index is 624. The van der Waals surface area contributed by atoms with Crippen molar-refractivity contribution in [1.29, 1.82) is 0 Å². The molecule has 7 heteroatoms. The van der Waals surface area contributed by atoms with Gasteiger partial charge in [-0.15, -0.1) is 0 Å². The molecular weight excluding hydrogens is 264 g/mol. The third-order valence-corrected chi connectivity index (χ3v) is 3.13. The predicted molar refractivity (Wildman–Crippen MR) is 73.2 cm³/mol. The van der Waals surface area contributed by atoms with Gasteiger partial charge in [0.2, 0.25) is 5.91 Å². The molecule has 0 radical (unpaired) electrons. The van der Waals surface area contributed by atoms with E-state index in [9.17, 15) is 9.59 Å². The predicted octanol–water partition coefficient (Wildman–Crippen LogP) is 1.20. The number of carbonyl (C=O) groups is 1. The van der Waals surface area contributed by atoms with Crippen LogP contribution in [0.1, 0.15) is 5.56 Å². The summed E-state index contributed by atoms with van der Waals surface area (Å²) in [5.41, 5.74) is 1.35. The largest absolute Gasteiger partial charge is 0.362 e. The molecule has 2 rings (SSSR count). The summed E-state index contributed by atoms with van der Waals surface area (Å²) in [6, 6.07) is 7.52. The van der Waals surface area contributed by atoms with E-state index in [1.165, 1.54) is 6.20 Å².